The van der Waals surface area contributed by atoms with Gasteiger partial charge in [-0.3, -0.25) is 0 Å². The van der Waals surface area contributed by atoms with E-state index in [9.17, 15) is 14.4 Å². The van der Waals surface area contributed by atoms with E-state index in [0.717, 1.165) is 0 Å². The third kappa shape index (κ3) is 1.32. The summed E-state index contributed by atoms with van der Waals surface area (Å²) in [6.45, 7) is 0. The Morgan fingerprint density at radius 3 is 2.19 bits per heavy atom. The van der Waals surface area contributed by atoms with Crippen LogP contribution in [0.1, 0.15) is 31.1 Å². The number of hydrogen-bond donors (Lipinski definition) is 0. The van der Waals surface area contributed by atoms with Crippen molar-refractivity contribution in [2.45, 2.75) is 0 Å². The van der Waals surface area contributed by atoms with Gasteiger partial charge in [0.05, 0.1) is 0 Å². The molecular weight excluding hydrogens is 413 g/mol. The maximum absolute atomic E-state index is 11.6. The van der Waals surface area contributed by atoms with Gasteiger partial charge in [0.25, 0.3) is 0 Å². The van der Waals surface area contributed by atoms with Gasteiger partial charge in [0.2, 0.25) is 0 Å². The first-order valence-corrected chi connectivity index (χ1v) is 8.52. The molecule has 2 aliphatic rings. The molecule has 7 heteroatoms. The molecule has 6 nitrogen and oxygen atoms in total. The molecule has 0 radical (unpaired) electrons. The second-order valence-corrected chi connectivity index (χ2v) is 6.99. The van der Waals surface area contributed by atoms with Crippen LogP contribution in [0.5, 0.6) is 0 Å². The molecule has 3 rings (SSSR count). The van der Waals surface area contributed by atoms with E-state index in [0.29, 0.717) is 0 Å². The van der Waals surface area contributed by atoms with Crippen LogP contribution >= 0.6 is 0 Å². The van der Waals surface area contributed by atoms with Gasteiger partial charge in [-0.2, -0.15) is 0 Å². The van der Waals surface area contributed by atoms with Crippen molar-refractivity contribution in [3.63, 3.8) is 0 Å². The zero-order valence-electron chi connectivity index (χ0n) is 7.63. The van der Waals surface area contributed by atoms with Crippen LogP contribution in [-0.4, -0.2) is 41.0 Å². The summed E-state index contributed by atoms with van der Waals surface area (Å²) in [6, 6.07) is 4.08. The van der Waals surface area contributed by atoms with Crippen molar-refractivity contribution in [1.82, 2.24) is 0 Å². The van der Waals surface area contributed by atoms with Crippen molar-refractivity contribution >= 4 is 41.0 Å². The van der Waals surface area contributed by atoms with E-state index in [1.807, 2.05) is 0 Å². The fourth-order valence-corrected chi connectivity index (χ4v) is 4.62. The van der Waals surface area contributed by atoms with Crippen molar-refractivity contribution in [3.8, 4) is 0 Å². The Morgan fingerprint density at radius 2 is 1.44 bits per heavy atom. The van der Waals surface area contributed by atoms with Gasteiger partial charge in [-0.15, -0.1) is 0 Å². The summed E-state index contributed by atoms with van der Waals surface area (Å²) in [7, 11) is 0. The van der Waals surface area contributed by atoms with Gasteiger partial charge in [-0.25, -0.2) is 0 Å². The van der Waals surface area contributed by atoms with Gasteiger partial charge >= 0.3 is 98.7 Å². The third-order valence-electron chi connectivity index (χ3n) is 2.17. The van der Waals surface area contributed by atoms with E-state index in [4.69, 9.17) is 8.44 Å². The summed E-state index contributed by atoms with van der Waals surface area (Å²) in [5.41, 5.74) is 0.412. The van der Waals surface area contributed by atoms with Gasteiger partial charge in [-0.05, 0) is 0 Å². The molecule has 0 saturated heterocycles. The van der Waals surface area contributed by atoms with Crippen LogP contribution in [0, 0.1) is 0 Å². The number of rotatable bonds is 0. The molecule has 0 unspecified atom stereocenters. The molecule has 16 heavy (non-hydrogen) atoms. The molecule has 1 aromatic rings. The van der Waals surface area contributed by atoms with Crippen LogP contribution in [0.3, 0.4) is 0 Å². The minimum absolute atomic E-state index is 0.0663. The first-order chi connectivity index (χ1) is 7.65. The van der Waals surface area contributed by atoms with E-state index in [1.165, 1.54) is 18.2 Å². The molecule has 0 N–H and O–H groups in total. The Balaban J connectivity index is 2.33. The molecule has 3 bridgehead atoms. The Hall–Kier alpha value is -1.49. The SMILES string of the molecule is O=C1[O][Bi]2[O]C(=O)c3ccc1cc3C(=O)[O]2. The zero-order valence-corrected chi connectivity index (χ0v) is 11.1. The average molecular weight is 416 g/mol. The number of carbonyl (C=O) groups is 3. The van der Waals surface area contributed by atoms with Gasteiger partial charge < -0.3 is 0 Å². The normalized spacial score (nSPS) is 18.4. The molecule has 80 valence electrons. The number of carbonyl (C=O) groups excluding carboxylic acids is 3. The molecule has 0 amide bonds. The summed E-state index contributed by atoms with van der Waals surface area (Å²) in [6.07, 6.45) is 0. The van der Waals surface area contributed by atoms with Crippen molar-refractivity contribution in [3.05, 3.63) is 34.9 Å². The fourth-order valence-electron chi connectivity index (χ4n) is 1.43. The van der Waals surface area contributed by atoms with Crippen LogP contribution in [0.15, 0.2) is 18.2 Å². The van der Waals surface area contributed by atoms with Crippen LogP contribution in [0.4, 0.5) is 0 Å². The first kappa shape index (κ1) is 9.72. The van der Waals surface area contributed by atoms with Gasteiger partial charge in [-0.1, -0.05) is 0 Å². The molecule has 2 heterocycles. The predicted molar refractivity (Wildman–Crippen MR) is 48.4 cm³/mol. The van der Waals surface area contributed by atoms with Gasteiger partial charge in [0, 0.05) is 0 Å². The molecule has 2 aliphatic heterocycles. The standard InChI is InChI=1S/C9H6O6.Bi/c10-7(11)4-1-2-5(8(12)13)6(3-4)9(14)15;/h1-3H,(H,10,11)(H,12,13)(H,14,15);/q;+3/p-3. The molecular formula is C9H3BiO6. The molecule has 0 spiro atoms. The predicted octanol–water partition coefficient (Wildman–Crippen LogP) is 0.169. The van der Waals surface area contributed by atoms with Crippen LogP contribution in [0.25, 0.3) is 0 Å². The molecule has 0 atom stereocenters. The Bertz CT molecular complexity index is 532. The Labute approximate surface area is 98.6 Å². The molecule has 0 saturated carbocycles. The zero-order chi connectivity index (χ0) is 11.3. The number of hydrogen-bond acceptors (Lipinski definition) is 6. The van der Waals surface area contributed by atoms with Gasteiger partial charge in [0.15, 0.2) is 0 Å². The Morgan fingerprint density at radius 1 is 0.812 bits per heavy atom. The van der Waals surface area contributed by atoms with Gasteiger partial charge in [0.1, 0.15) is 0 Å². The van der Waals surface area contributed by atoms with Crippen molar-refractivity contribution in [2.75, 3.05) is 0 Å². The maximum atomic E-state index is 11.6. The van der Waals surface area contributed by atoms with Crippen LogP contribution in [0.2, 0.25) is 0 Å². The molecule has 0 fully saturated rings. The summed E-state index contributed by atoms with van der Waals surface area (Å²) in [4.78, 5) is 34.6. The fraction of sp³-hybridized carbons (Fsp3) is 0. The monoisotopic (exact) mass is 416 g/mol. The Kier molecular flexibility index (Phi) is 1.97. The summed E-state index contributed by atoms with van der Waals surface area (Å²) in [5, 5.41) is 0. The average Bonchev–Trinajstić information content (AvgIpc) is 2.30. The van der Waals surface area contributed by atoms with Crippen LogP contribution in [-0.2, 0) is 8.44 Å². The first-order valence-electron chi connectivity index (χ1n) is 4.26. The minimum atomic E-state index is -3.71. The van der Waals surface area contributed by atoms with Crippen LogP contribution < -0.4 is 0 Å². The molecule has 0 aromatic heterocycles. The van der Waals surface area contributed by atoms with Crippen molar-refractivity contribution in [1.29, 1.82) is 0 Å². The summed E-state index contributed by atoms with van der Waals surface area (Å²) < 4.78 is 14.6. The quantitative estimate of drug-likeness (QED) is 0.562. The van der Waals surface area contributed by atoms with E-state index in [1.54, 1.807) is 0 Å². The third-order valence-corrected chi connectivity index (χ3v) is 5.84. The molecule has 1 aromatic carbocycles. The van der Waals surface area contributed by atoms with E-state index < -0.39 is 41.0 Å². The summed E-state index contributed by atoms with van der Waals surface area (Å²) >= 11 is -3.71. The topological polar surface area (TPSA) is 78.9 Å². The number of benzene rings is 1. The van der Waals surface area contributed by atoms with E-state index >= 15 is 0 Å². The van der Waals surface area contributed by atoms with E-state index in [2.05, 4.69) is 0 Å². The second-order valence-electron chi connectivity index (χ2n) is 3.12. The van der Waals surface area contributed by atoms with E-state index in [-0.39, 0.29) is 16.7 Å². The second kappa shape index (κ2) is 3.25. The number of fused-ring (bicyclic) bond motifs is 3. The van der Waals surface area contributed by atoms with Crippen molar-refractivity contribution < 1.29 is 22.8 Å². The van der Waals surface area contributed by atoms with Crippen molar-refractivity contribution in [2.24, 2.45) is 0 Å². The summed E-state index contributed by atoms with van der Waals surface area (Å²) in [5.74, 6) is -1.94. The molecule has 0 aliphatic carbocycles.